The van der Waals surface area contributed by atoms with Gasteiger partial charge in [0.05, 0.1) is 0 Å². The Balaban J connectivity index is 1.85. The van der Waals surface area contributed by atoms with E-state index < -0.39 is 0 Å². The third-order valence-electron chi connectivity index (χ3n) is 4.33. The van der Waals surface area contributed by atoms with Crippen LogP contribution in [0, 0.1) is 12.8 Å². The summed E-state index contributed by atoms with van der Waals surface area (Å²) < 4.78 is 0. The van der Waals surface area contributed by atoms with Crippen molar-refractivity contribution >= 4 is 17.3 Å². The molecule has 1 aromatic rings. The van der Waals surface area contributed by atoms with Crippen molar-refractivity contribution in [3.63, 3.8) is 0 Å². The second-order valence-electron chi connectivity index (χ2n) is 6.36. The molecule has 116 valence electrons. The molecule has 2 rings (SSSR count). The first-order valence-electron chi connectivity index (χ1n) is 7.87. The van der Waals surface area contributed by atoms with Crippen LogP contribution in [0.5, 0.6) is 0 Å². The summed E-state index contributed by atoms with van der Waals surface area (Å²) in [6.07, 6.45) is 3.06. The van der Waals surface area contributed by atoms with Gasteiger partial charge in [0.2, 0.25) is 5.91 Å². The number of hydrogen-bond acceptors (Lipinski definition) is 3. The van der Waals surface area contributed by atoms with Gasteiger partial charge in [-0.25, -0.2) is 0 Å². The minimum atomic E-state index is 0.0808. The van der Waals surface area contributed by atoms with Crippen LogP contribution >= 0.6 is 0 Å². The Labute approximate surface area is 127 Å². The van der Waals surface area contributed by atoms with Gasteiger partial charge in [0.1, 0.15) is 0 Å². The highest BCUT2D eigenvalue weighted by Crippen LogP contribution is 2.24. The van der Waals surface area contributed by atoms with E-state index in [0.29, 0.717) is 18.4 Å². The third kappa shape index (κ3) is 4.21. The fourth-order valence-corrected chi connectivity index (χ4v) is 3.17. The van der Waals surface area contributed by atoms with Crippen molar-refractivity contribution in [2.24, 2.45) is 5.92 Å². The smallest absolute Gasteiger partial charge is 0.225 e. The summed E-state index contributed by atoms with van der Waals surface area (Å²) in [7, 11) is 0. The molecule has 1 fully saturated rings. The number of rotatable bonds is 5. The van der Waals surface area contributed by atoms with Crippen molar-refractivity contribution in [3.05, 3.63) is 23.8 Å². The van der Waals surface area contributed by atoms with Crippen molar-refractivity contribution in [2.45, 2.75) is 46.1 Å². The van der Waals surface area contributed by atoms with Crippen LogP contribution in [0.3, 0.4) is 0 Å². The molecular formula is C17H27N3O. The van der Waals surface area contributed by atoms with Crippen molar-refractivity contribution < 1.29 is 4.79 Å². The molecular weight excluding hydrogens is 262 g/mol. The van der Waals surface area contributed by atoms with E-state index in [2.05, 4.69) is 24.1 Å². The maximum atomic E-state index is 12.1. The van der Waals surface area contributed by atoms with Gasteiger partial charge in [0, 0.05) is 30.4 Å². The van der Waals surface area contributed by atoms with E-state index in [0.717, 1.165) is 30.0 Å². The van der Waals surface area contributed by atoms with Gasteiger partial charge >= 0.3 is 0 Å². The molecule has 4 heteroatoms. The molecule has 1 heterocycles. The van der Waals surface area contributed by atoms with Crippen molar-refractivity contribution in [2.75, 3.05) is 24.1 Å². The second kappa shape index (κ2) is 6.94. The van der Waals surface area contributed by atoms with E-state index in [9.17, 15) is 4.79 Å². The molecule has 1 aromatic carbocycles. The zero-order chi connectivity index (χ0) is 15.4. The molecule has 0 aromatic heterocycles. The number of anilines is 2. The molecule has 1 aliphatic heterocycles. The molecule has 21 heavy (non-hydrogen) atoms. The summed E-state index contributed by atoms with van der Waals surface area (Å²) in [5.74, 6) is 0.743. The normalized spacial score (nSPS) is 19.1. The van der Waals surface area contributed by atoms with Crippen LogP contribution in [0.25, 0.3) is 0 Å². The highest BCUT2D eigenvalue weighted by Gasteiger charge is 2.26. The summed E-state index contributed by atoms with van der Waals surface area (Å²) in [4.78, 5) is 14.6. The van der Waals surface area contributed by atoms with Crippen LogP contribution in [0.1, 0.15) is 38.7 Å². The van der Waals surface area contributed by atoms with Crippen LogP contribution < -0.4 is 11.1 Å². The number of carbonyl (C=O) groups excluding carboxylic acids is 1. The Morgan fingerprint density at radius 3 is 2.90 bits per heavy atom. The zero-order valence-corrected chi connectivity index (χ0v) is 13.4. The molecule has 0 bridgehead atoms. The Morgan fingerprint density at radius 1 is 1.48 bits per heavy atom. The molecule has 1 atom stereocenters. The van der Waals surface area contributed by atoms with Gasteiger partial charge in [-0.2, -0.15) is 0 Å². The van der Waals surface area contributed by atoms with Gasteiger partial charge < -0.3 is 11.1 Å². The number of benzene rings is 1. The van der Waals surface area contributed by atoms with Gasteiger partial charge in [-0.05, 0) is 56.0 Å². The van der Waals surface area contributed by atoms with Crippen molar-refractivity contribution in [1.82, 2.24) is 4.90 Å². The minimum Gasteiger partial charge on any atom is -0.399 e. The van der Waals surface area contributed by atoms with Gasteiger partial charge in [-0.1, -0.05) is 13.8 Å². The van der Waals surface area contributed by atoms with Gasteiger partial charge in [-0.15, -0.1) is 0 Å². The lowest BCUT2D eigenvalue weighted by atomic mass is 10.0. The number of nitrogens with zero attached hydrogens (tertiary/aromatic N) is 1. The number of nitrogen functional groups attached to an aromatic ring is 1. The first-order valence-corrected chi connectivity index (χ1v) is 7.87. The van der Waals surface area contributed by atoms with Crippen LogP contribution in [-0.4, -0.2) is 29.9 Å². The topological polar surface area (TPSA) is 58.4 Å². The quantitative estimate of drug-likeness (QED) is 0.819. The van der Waals surface area contributed by atoms with E-state index >= 15 is 0 Å². The predicted octanol–water partition coefficient (Wildman–Crippen LogP) is 3.03. The molecule has 0 spiro atoms. The number of likely N-dealkylation sites (tertiary alicyclic amines) is 1. The average molecular weight is 289 g/mol. The van der Waals surface area contributed by atoms with E-state index in [1.54, 1.807) is 0 Å². The first-order chi connectivity index (χ1) is 9.97. The van der Waals surface area contributed by atoms with Gasteiger partial charge in [0.25, 0.3) is 0 Å². The Bertz CT molecular complexity index is 499. The monoisotopic (exact) mass is 289 g/mol. The summed E-state index contributed by atoms with van der Waals surface area (Å²) in [5, 5.41) is 2.98. The summed E-state index contributed by atoms with van der Waals surface area (Å²) in [6.45, 7) is 8.46. The van der Waals surface area contributed by atoms with Crippen LogP contribution in [-0.2, 0) is 4.79 Å². The fraction of sp³-hybridized carbons (Fsp3) is 0.588. The number of amides is 1. The molecule has 0 saturated carbocycles. The highest BCUT2D eigenvalue weighted by molar-refractivity contribution is 5.91. The van der Waals surface area contributed by atoms with Gasteiger partial charge in [-0.3, -0.25) is 9.69 Å². The van der Waals surface area contributed by atoms with Crippen LogP contribution in [0.15, 0.2) is 18.2 Å². The number of aryl methyl sites for hydroxylation is 1. The van der Waals surface area contributed by atoms with Gasteiger partial charge in [0.15, 0.2) is 0 Å². The maximum absolute atomic E-state index is 12.1. The number of nitrogens with two attached hydrogens (primary N) is 1. The molecule has 0 radical (unpaired) electrons. The minimum absolute atomic E-state index is 0.0808. The lowest BCUT2D eigenvalue weighted by Gasteiger charge is -2.27. The highest BCUT2D eigenvalue weighted by atomic mass is 16.1. The second-order valence-corrected chi connectivity index (χ2v) is 6.36. The Hall–Kier alpha value is -1.55. The van der Waals surface area contributed by atoms with Crippen LogP contribution in [0.4, 0.5) is 11.4 Å². The average Bonchev–Trinajstić information content (AvgIpc) is 2.88. The maximum Gasteiger partial charge on any atom is 0.225 e. The molecule has 3 N–H and O–H groups in total. The molecule has 1 aliphatic rings. The number of carbonyl (C=O) groups is 1. The number of nitrogens with one attached hydrogen (secondary N) is 1. The van der Waals surface area contributed by atoms with Crippen molar-refractivity contribution in [1.29, 1.82) is 0 Å². The summed E-state index contributed by atoms with van der Waals surface area (Å²) in [5.41, 5.74) is 8.31. The Morgan fingerprint density at radius 2 is 2.24 bits per heavy atom. The number of hydrogen-bond donors (Lipinski definition) is 2. The van der Waals surface area contributed by atoms with Crippen molar-refractivity contribution in [3.8, 4) is 0 Å². The van der Waals surface area contributed by atoms with Crippen LogP contribution in [0.2, 0.25) is 0 Å². The summed E-state index contributed by atoms with van der Waals surface area (Å²) >= 11 is 0. The van der Waals surface area contributed by atoms with E-state index in [-0.39, 0.29) is 5.91 Å². The standard InChI is InChI=1S/C17H27N3O/c1-12(2)16-5-4-9-20(16)10-8-17(21)19-15-7-6-14(18)11-13(15)3/h6-7,11-12,16H,4-5,8-10,18H2,1-3H3,(H,19,21). The largest absolute Gasteiger partial charge is 0.399 e. The molecule has 0 aliphatic carbocycles. The molecule has 1 amide bonds. The van der Waals surface area contributed by atoms with E-state index in [1.807, 2.05) is 25.1 Å². The zero-order valence-electron chi connectivity index (χ0n) is 13.4. The molecule has 1 saturated heterocycles. The third-order valence-corrected chi connectivity index (χ3v) is 4.33. The Kier molecular flexibility index (Phi) is 5.23. The lowest BCUT2D eigenvalue weighted by molar-refractivity contribution is -0.116. The van der Waals surface area contributed by atoms with E-state index in [4.69, 9.17) is 5.73 Å². The predicted molar refractivity (Wildman–Crippen MR) is 88.3 cm³/mol. The molecule has 4 nitrogen and oxygen atoms in total. The SMILES string of the molecule is Cc1cc(N)ccc1NC(=O)CCN1CCCC1C(C)C. The van der Waals surface area contributed by atoms with E-state index in [1.165, 1.54) is 12.8 Å². The summed E-state index contributed by atoms with van der Waals surface area (Å²) in [6, 6.07) is 6.20. The molecule has 1 unspecified atom stereocenters. The first kappa shape index (κ1) is 15.8. The fourth-order valence-electron chi connectivity index (χ4n) is 3.17. The lowest BCUT2D eigenvalue weighted by Crippen LogP contribution is -2.35.